The third kappa shape index (κ3) is 26.6. The number of esters is 2. The molecule has 15 heteroatoms. The summed E-state index contributed by atoms with van der Waals surface area (Å²) in [6.45, 7) is 1.38. The minimum Gasteiger partial charge on any atom is -0.464 e. The summed E-state index contributed by atoms with van der Waals surface area (Å²) in [5, 5.41) is 17.1. The molecule has 10 nitrogen and oxygen atoms in total. The summed E-state index contributed by atoms with van der Waals surface area (Å²) in [4.78, 5) is 42.6. The fourth-order valence-electron chi connectivity index (χ4n) is 1.40. The number of carbonyl (C=O) groups excluding carboxylic acids is 2. The van der Waals surface area contributed by atoms with Crippen LogP contribution in [0, 0.1) is 0 Å². The lowest BCUT2D eigenvalue weighted by molar-refractivity contribution is -0.285. The molecule has 0 aliphatic rings. The lowest BCUT2D eigenvalue weighted by Crippen LogP contribution is -2.11. The van der Waals surface area contributed by atoms with Crippen molar-refractivity contribution in [1.29, 1.82) is 0 Å². The van der Waals surface area contributed by atoms with Crippen molar-refractivity contribution in [2.75, 3.05) is 84.7 Å². The van der Waals surface area contributed by atoms with Gasteiger partial charge in [-0.3, -0.25) is 9.59 Å². The Balaban J connectivity index is 3.22. The first kappa shape index (κ1) is 31.4. The third-order valence-corrected chi connectivity index (χ3v) is 6.26. The van der Waals surface area contributed by atoms with E-state index < -0.39 is 0 Å². The van der Waals surface area contributed by atoms with Crippen molar-refractivity contribution in [3.05, 3.63) is 0 Å². The Morgan fingerprint density at radius 1 is 0.548 bits per heavy atom. The van der Waals surface area contributed by atoms with Gasteiger partial charge in [-0.25, -0.2) is 19.6 Å². The van der Waals surface area contributed by atoms with Crippen LogP contribution in [0.3, 0.4) is 0 Å². The van der Waals surface area contributed by atoms with Crippen molar-refractivity contribution >= 4 is 70.7 Å². The molecule has 0 rings (SSSR count). The van der Waals surface area contributed by atoms with Gasteiger partial charge < -0.3 is 19.7 Å². The normalized spacial score (nSPS) is 10.9. The Labute approximate surface area is 203 Å². The topological polar surface area (TPSA) is 130 Å². The van der Waals surface area contributed by atoms with Crippen LogP contribution in [-0.4, -0.2) is 107 Å². The molecular formula is C16H30O10S5. The summed E-state index contributed by atoms with van der Waals surface area (Å²) in [5.41, 5.74) is 0. The van der Waals surface area contributed by atoms with Crippen molar-refractivity contribution in [3.8, 4) is 0 Å². The average Bonchev–Trinajstić information content (AvgIpc) is 2.76. The minimum absolute atomic E-state index is 0.0170. The number of hydrogen-bond acceptors (Lipinski definition) is 15. The van der Waals surface area contributed by atoms with Crippen molar-refractivity contribution in [1.82, 2.24) is 0 Å². The predicted octanol–water partition coefficient (Wildman–Crippen LogP) is 1.45. The van der Waals surface area contributed by atoms with Crippen molar-refractivity contribution in [3.63, 3.8) is 0 Å². The molecule has 184 valence electrons. The van der Waals surface area contributed by atoms with Gasteiger partial charge in [0.1, 0.15) is 18.5 Å². The molecule has 0 aromatic carbocycles. The van der Waals surface area contributed by atoms with Gasteiger partial charge in [-0.2, -0.15) is 0 Å². The van der Waals surface area contributed by atoms with Gasteiger partial charge in [0.05, 0.1) is 43.2 Å². The highest BCUT2D eigenvalue weighted by molar-refractivity contribution is 8.00. The maximum Gasteiger partial charge on any atom is 0.316 e. The van der Waals surface area contributed by atoms with E-state index in [-0.39, 0.29) is 47.2 Å². The first-order valence-electron chi connectivity index (χ1n) is 9.11. The van der Waals surface area contributed by atoms with E-state index in [4.69, 9.17) is 39.2 Å². The molecule has 0 saturated heterocycles. The van der Waals surface area contributed by atoms with Crippen molar-refractivity contribution < 1.29 is 48.8 Å². The van der Waals surface area contributed by atoms with E-state index in [1.807, 2.05) is 0 Å². The average molecular weight is 543 g/mol. The van der Waals surface area contributed by atoms with E-state index in [1.54, 1.807) is 0 Å². The van der Waals surface area contributed by atoms with Crippen LogP contribution in [0.15, 0.2) is 0 Å². The first-order chi connectivity index (χ1) is 15.2. The van der Waals surface area contributed by atoms with Crippen LogP contribution in [0.25, 0.3) is 0 Å². The van der Waals surface area contributed by atoms with Gasteiger partial charge in [-0.1, -0.05) is 11.8 Å². The van der Waals surface area contributed by atoms with Gasteiger partial charge in [0.2, 0.25) is 0 Å². The van der Waals surface area contributed by atoms with Gasteiger partial charge in [0.15, 0.2) is 0 Å². The van der Waals surface area contributed by atoms with Crippen molar-refractivity contribution in [2.45, 2.75) is 0 Å². The van der Waals surface area contributed by atoms with E-state index >= 15 is 0 Å². The molecule has 0 aromatic heterocycles. The molecule has 0 radical (unpaired) electrons. The zero-order valence-electron chi connectivity index (χ0n) is 17.1. The van der Waals surface area contributed by atoms with E-state index in [1.165, 1.54) is 58.8 Å². The molecule has 0 spiro atoms. The minimum atomic E-state index is -0.322. The molecule has 0 heterocycles. The van der Waals surface area contributed by atoms with Gasteiger partial charge in [-0.15, -0.1) is 47.0 Å². The number of aliphatic hydroxyl groups excluding tert-OH is 2. The third-order valence-electron chi connectivity index (χ3n) is 2.65. The molecule has 0 aliphatic carbocycles. The van der Waals surface area contributed by atoms with Gasteiger partial charge in [-0.05, 0) is 0 Å². The number of carbonyl (C=O) groups is 2. The molecular weight excluding hydrogens is 513 g/mol. The molecule has 0 fully saturated rings. The van der Waals surface area contributed by atoms with Crippen LogP contribution in [0.2, 0.25) is 0 Å². The second kappa shape index (κ2) is 26.7. The fraction of sp³-hybridized carbons (Fsp3) is 0.875. The summed E-state index contributed by atoms with van der Waals surface area (Å²) in [7, 11) is 0. The molecule has 0 amide bonds. The zero-order chi connectivity index (χ0) is 22.8. The Morgan fingerprint density at radius 3 is 1.61 bits per heavy atom. The number of ether oxygens (including phenoxy) is 2. The molecule has 0 atom stereocenters. The molecule has 2 N–H and O–H groups in total. The highest BCUT2D eigenvalue weighted by atomic mass is 32.2. The van der Waals surface area contributed by atoms with E-state index in [9.17, 15) is 9.59 Å². The quantitative estimate of drug-likeness (QED) is 0.0599. The Kier molecular flexibility index (Phi) is 27.1. The highest BCUT2D eigenvalue weighted by Gasteiger charge is 2.04. The standard InChI is InChI=1S/C16H30O10S5/c17-11-29-5-1-21-15(19)9-27-7-3-25-26-14-31-13-22-16(20)10-28-6-2-23-24-4-8-30-12-18/h17-18H,1-14H2. The number of aliphatic hydroxyl groups is 2. The summed E-state index contributed by atoms with van der Waals surface area (Å²) in [6, 6.07) is 0. The van der Waals surface area contributed by atoms with Gasteiger partial charge in [0.25, 0.3) is 0 Å². The predicted molar refractivity (Wildman–Crippen MR) is 127 cm³/mol. The SMILES string of the molecule is O=C(CSCCOOCSCOC(=O)CSCCOOCCSCO)OCCSCO. The number of rotatable bonds is 24. The van der Waals surface area contributed by atoms with E-state index in [0.717, 1.165) is 0 Å². The summed E-state index contributed by atoms with van der Waals surface area (Å²) >= 11 is 6.65. The molecule has 0 saturated carbocycles. The van der Waals surface area contributed by atoms with Crippen molar-refractivity contribution in [2.24, 2.45) is 0 Å². The smallest absolute Gasteiger partial charge is 0.316 e. The molecule has 31 heavy (non-hydrogen) atoms. The number of hydrogen-bond donors (Lipinski definition) is 2. The Morgan fingerprint density at radius 2 is 1.03 bits per heavy atom. The molecule has 0 bridgehead atoms. The van der Waals surface area contributed by atoms with Crippen LogP contribution < -0.4 is 0 Å². The summed E-state index contributed by atoms with van der Waals surface area (Å²) < 4.78 is 10.00. The molecule has 0 aliphatic heterocycles. The van der Waals surface area contributed by atoms with Crippen LogP contribution >= 0.6 is 58.8 Å². The fourth-order valence-corrected chi connectivity index (χ4v) is 3.63. The summed E-state index contributed by atoms with van der Waals surface area (Å²) in [6.07, 6.45) is 0. The van der Waals surface area contributed by atoms with Crippen LogP contribution in [0.4, 0.5) is 0 Å². The first-order valence-corrected chi connectivity index (χ1v) is 14.9. The maximum atomic E-state index is 11.5. The Bertz CT molecular complexity index is 422. The molecule has 0 aromatic rings. The maximum absolute atomic E-state index is 11.5. The van der Waals surface area contributed by atoms with Crippen LogP contribution in [-0.2, 0) is 38.6 Å². The van der Waals surface area contributed by atoms with Crippen LogP contribution in [0.5, 0.6) is 0 Å². The Hall–Kier alpha value is 0.450. The monoisotopic (exact) mass is 542 g/mol. The van der Waals surface area contributed by atoms with Crippen LogP contribution in [0.1, 0.15) is 0 Å². The summed E-state index contributed by atoms with van der Waals surface area (Å²) in [5.74, 6) is 2.71. The lowest BCUT2D eigenvalue weighted by atomic mass is 10.7. The largest absolute Gasteiger partial charge is 0.464 e. The highest BCUT2D eigenvalue weighted by Crippen LogP contribution is 2.07. The number of thioether (sulfide) groups is 5. The zero-order valence-corrected chi connectivity index (χ0v) is 21.2. The lowest BCUT2D eigenvalue weighted by Gasteiger charge is -2.06. The van der Waals surface area contributed by atoms with E-state index in [2.05, 4.69) is 0 Å². The van der Waals surface area contributed by atoms with Gasteiger partial charge >= 0.3 is 11.9 Å². The second-order valence-electron chi connectivity index (χ2n) is 4.94. The van der Waals surface area contributed by atoms with E-state index in [0.29, 0.717) is 49.4 Å². The molecule has 0 unspecified atom stereocenters. The van der Waals surface area contributed by atoms with Gasteiger partial charge in [0, 0.05) is 23.0 Å². The second-order valence-corrected chi connectivity index (χ2v) is 10.2.